The van der Waals surface area contributed by atoms with E-state index in [1.807, 2.05) is 18.4 Å². The first-order valence-corrected chi connectivity index (χ1v) is 11.9. The van der Waals surface area contributed by atoms with Gasteiger partial charge in [-0.3, -0.25) is 10.0 Å². The van der Waals surface area contributed by atoms with E-state index in [0.717, 1.165) is 16.0 Å². The SMILES string of the molecule is C=C(C)CCC1c2ccsc2CCN(S(=O)(=O)c2ccc(OC)cc2)C1C(=O)NO. The normalized spacial score (nSPS) is 19.6. The summed E-state index contributed by atoms with van der Waals surface area (Å²) in [7, 11) is -2.49. The van der Waals surface area contributed by atoms with Gasteiger partial charge in [0.05, 0.1) is 12.0 Å². The molecule has 2 atom stereocenters. The minimum absolute atomic E-state index is 0.0722. The molecule has 1 aromatic heterocycles. The van der Waals surface area contributed by atoms with Gasteiger partial charge in [0.15, 0.2) is 0 Å². The van der Waals surface area contributed by atoms with E-state index in [2.05, 4.69) is 6.58 Å². The van der Waals surface area contributed by atoms with E-state index in [4.69, 9.17) is 4.74 Å². The Kier molecular flexibility index (Phi) is 6.97. The van der Waals surface area contributed by atoms with E-state index < -0.39 is 27.9 Å². The van der Waals surface area contributed by atoms with Crippen LogP contribution in [0.5, 0.6) is 5.75 Å². The molecule has 162 valence electrons. The topological polar surface area (TPSA) is 95.9 Å². The maximum absolute atomic E-state index is 13.5. The molecule has 0 bridgehead atoms. The van der Waals surface area contributed by atoms with Gasteiger partial charge in [0.2, 0.25) is 10.0 Å². The zero-order valence-electron chi connectivity index (χ0n) is 17.0. The molecule has 2 N–H and O–H groups in total. The molecule has 0 radical (unpaired) electrons. The molecular formula is C21H26N2O5S2. The van der Waals surface area contributed by atoms with Gasteiger partial charge in [-0.05, 0) is 67.5 Å². The molecule has 2 heterocycles. The monoisotopic (exact) mass is 450 g/mol. The van der Waals surface area contributed by atoms with Crippen LogP contribution in [0.3, 0.4) is 0 Å². The summed E-state index contributed by atoms with van der Waals surface area (Å²) in [5.74, 6) is -0.598. The Morgan fingerprint density at radius 2 is 2.03 bits per heavy atom. The van der Waals surface area contributed by atoms with Crippen molar-refractivity contribution in [3.05, 3.63) is 58.3 Å². The molecule has 9 heteroatoms. The first-order chi connectivity index (χ1) is 14.3. The first kappa shape index (κ1) is 22.5. The summed E-state index contributed by atoms with van der Waals surface area (Å²) >= 11 is 1.56. The number of hydroxylamine groups is 1. The third-order valence-corrected chi connectivity index (χ3v) is 8.25. The maximum Gasteiger partial charge on any atom is 0.262 e. The highest BCUT2D eigenvalue weighted by molar-refractivity contribution is 7.89. The van der Waals surface area contributed by atoms with Crippen molar-refractivity contribution >= 4 is 27.3 Å². The van der Waals surface area contributed by atoms with Crippen molar-refractivity contribution in [2.75, 3.05) is 13.7 Å². The molecule has 2 aromatic rings. The number of hydrogen-bond donors (Lipinski definition) is 2. The molecule has 1 amide bonds. The van der Waals surface area contributed by atoms with Crippen molar-refractivity contribution in [1.29, 1.82) is 0 Å². The van der Waals surface area contributed by atoms with Crippen molar-refractivity contribution in [2.45, 2.75) is 43.0 Å². The number of fused-ring (bicyclic) bond motifs is 1. The van der Waals surface area contributed by atoms with E-state index in [9.17, 15) is 18.4 Å². The molecule has 0 saturated carbocycles. The zero-order chi connectivity index (χ0) is 21.9. The number of hydrogen-bond acceptors (Lipinski definition) is 6. The van der Waals surface area contributed by atoms with Crippen LogP contribution in [-0.4, -0.2) is 43.5 Å². The lowest BCUT2D eigenvalue weighted by Crippen LogP contribution is -2.51. The summed E-state index contributed by atoms with van der Waals surface area (Å²) in [6, 6.07) is 6.95. The third kappa shape index (κ3) is 4.44. The smallest absolute Gasteiger partial charge is 0.262 e. The minimum Gasteiger partial charge on any atom is -0.497 e. The Hall–Kier alpha value is -2.20. The summed E-state index contributed by atoms with van der Waals surface area (Å²) in [5.41, 5.74) is 3.60. The largest absolute Gasteiger partial charge is 0.497 e. The maximum atomic E-state index is 13.5. The second-order valence-electron chi connectivity index (χ2n) is 7.36. The summed E-state index contributed by atoms with van der Waals surface area (Å²) in [6.07, 6.45) is 1.69. The summed E-state index contributed by atoms with van der Waals surface area (Å²) in [5, 5.41) is 11.4. The Morgan fingerprint density at radius 1 is 1.33 bits per heavy atom. The molecule has 2 unspecified atom stereocenters. The number of carbonyl (C=O) groups is 1. The van der Waals surface area contributed by atoms with E-state index in [1.54, 1.807) is 28.9 Å². The standard InChI is InChI=1S/C21H26N2O5S2/c1-14(2)4-9-18-17-11-13-29-19(17)10-12-23(20(18)21(24)22-25)30(26,27)16-7-5-15(28-3)6-8-16/h5-8,11,13,18,20,25H,1,4,9-10,12H2,2-3H3,(H,22,24). The second kappa shape index (κ2) is 9.30. The molecule has 1 aliphatic heterocycles. The van der Waals surface area contributed by atoms with Crippen molar-refractivity contribution in [3.63, 3.8) is 0 Å². The number of sulfonamides is 1. The molecule has 1 aromatic carbocycles. The van der Waals surface area contributed by atoms with Crippen LogP contribution in [0.4, 0.5) is 0 Å². The van der Waals surface area contributed by atoms with Crippen LogP contribution in [0.15, 0.2) is 52.8 Å². The predicted octanol–water partition coefficient (Wildman–Crippen LogP) is 3.32. The molecule has 30 heavy (non-hydrogen) atoms. The van der Waals surface area contributed by atoms with Crippen LogP contribution in [0.2, 0.25) is 0 Å². The predicted molar refractivity (Wildman–Crippen MR) is 115 cm³/mol. The number of methoxy groups -OCH3 is 1. The number of allylic oxidation sites excluding steroid dienone is 1. The number of nitrogens with zero attached hydrogens (tertiary/aromatic N) is 1. The van der Waals surface area contributed by atoms with E-state index >= 15 is 0 Å². The third-order valence-electron chi connectivity index (χ3n) is 5.36. The van der Waals surface area contributed by atoms with Gasteiger partial charge < -0.3 is 4.74 Å². The lowest BCUT2D eigenvalue weighted by molar-refractivity contribution is -0.134. The Balaban J connectivity index is 2.08. The van der Waals surface area contributed by atoms with Crippen LogP contribution in [0, 0.1) is 0 Å². The average molecular weight is 451 g/mol. The number of nitrogens with one attached hydrogen (secondary N) is 1. The van der Waals surface area contributed by atoms with Crippen LogP contribution >= 0.6 is 11.3 Å². The zero-order valence-corrected chi connectivity index (χ0v) is 18.6. The Bertz CT molecular complexity index is 1010. The van der Waals surface area contributed by atoms with Gasteiger partial charge >= 0.3 is 0 Å². The van der Waals surface area contributed by atoms with Gasteiger partial charge in [0.1, 0.15) is 11.8 Å². The van der Waals surface area contributed by atoms with Crippen molar-refractivity contribution < 1.29 is 23.2 Å². The molecule has 0 fully saturated rings. The lowest BCUT2D eigenvalue weighted by Gasteiger charge is -2.33. The highest BCUT2D eigenvalue weighted by atomic mass is 32.2. The highest BCUT2D eigenvalue weighted by Crippen LogP contribution is 2.39. The van der Waals surface area contributed by atoms with E-state index in [0.29, 0.717) is 25.0 Å². The van der Waals surface area contributed by atoms with Gasteiger partial charge in [-0.15, -0.1) is 17.9 Å². The van der Waals surface area contributed by atoms with Gasteiger partial charge in [0, 0.05) is 17.3 Å². The molecule has 0 saturated heterocycles. The number of benzene rings is 1. The van der Waals surface area contributed by atoms with Crippen molar-refractivity contribution in [3.8, 4) is 5.75 Å². The summed E-state index contributed by atoms with van der Waals surface area (Å²) in [6.45, 7) is 5.98. The minimum atomic E-state index is -3.99. The lowest BCUT2D eigenvalue weighted by atomic mass is 9.87. The summed E-state index contributed by atoms with van der Waals surface area (Å²) < 4.78 is 33.4. The van der Waals surface area contributed by atoms with E-state index in [-0.39, 0.29) is 11.4 Å². The molecule has 1 aliphatic rings. The Morgan fingerprint density at radius 3 is 2.63 bits per heavy atom. The van der Waals surface area contributed by atoms with Gasteiger partial charge in [0.25, 0.3) is 5.91 Å². The number of carbonyl (C=O) groups excluding carboxylic acids is 1. The van der Waals surface area contributed by atoms with Gasteiger partial charge in [-0.1, -0.05) is 5.57 Å². The molecule has 7 nitrogen and oxygen atoms in total. The number of thiophene rings is 1. The fourth-order valence-corrected chi connectivity index (χ4v) is 6.42. The van der Waals surface area contributed by atoms with Crippen LogP contribution in [-0.2, 0) is 21.2 Å². The van der Waals surface area contributed by atoms with Gasteiger partial charge in [-0.25, -0.2) is 13.9 Å². The van der Waals surface area contributed by atoms with E-state index in [1.165, 1.54) is 23.5 Å². The molecule has 0 spiro atoms. The molecule has 0 aliphatic carbocycles. The number of amides is 1. The molecular weight excluding hydrogens is 424 g/mol. The fraction of sp³-hybridized carbons (Fsp3) is 0.381. The average Bonchev–Trinajstić information content (AvgIpc) is 3.13. The highest BCUT2D eigenvalue weighted by Gasteiger charge is 2.43. The van der Waals surface area contributed by atoms with Crippen molar-refractivity contribution in [1.82, 2.24) is 9.79 Å². The first-order valence-electron chi connectivity index (χ1n) is 9.60. The quantitative estimate of drug-likeness (QED) is 0.383. The number of ether oxygens (including phenoxy) is 1. The van der Waals surface area contributed by atoms with Crippen LogP contribution in [0.25, 0.3) is 0 Å². The summed E-state index contributed by atoms with van der Waals surface area (Å²) in [4.78, 5) is 13.9. The molecule has 3 rings (SSSR count). The van der Waals surface area contributed by atoms with Gasteiger partial charge in [-0.2, -0.15) is 4.31 Å². The second-order valence-corrected chi connectivity index (χ2v) is 10.3. The van der Waals surface area contributed by atoms with Crippen LogP contribution < -0.4 is 10.2 Å². The fourth-order valence-electron chi connectivity index (χ4n) is 3.85. The Labute approximate surface area is 181 Å². The van der Waals surface area contributed by atoms with Crippen molar-refractivity contribution in [2.24, 2.45) is 0 Å². The van der Waals surface area contributed by atoms with Crippen LogP contribution in [0.1, 0.15) is 36.1 Å². The number of rotatable bonds is 7.